The lowest BCUT2D eigenvalue weighted by Crippen LogP contribution is -2.58. The summed E-state index contributed by atoms with van der Waals surface area (Å²) in [6.45, 7) is 6.18. The summed E-state index contributed by atoms with van der Waals surface area (Å²) in [5.74, 6) is 0. The summed E-state index contributed by atoms with van der Waals surface area (Å²) in [4.78, 5) is 9.11. The van der Waals surface area contributed by atoms with E-state index in [1.54, 1.807) is 0 Å². The average molecular weight is 264 g/mol. The lowest BCUT2D eigenvalue weighted by atomic mass is 9.91. The highest BCUT2D eigenvalue weighted by atomic mass is 16.5. The lowest BCUT2D eigenvalue weighted by Gasteiger charge is -2.47. The van der Waals surface area contributed by atoms with Gasteiger partial charge in [0.05, 0.1) is 24.2 Å². The van der Waals surface area contributed by atoms with Crippen LogP contribution in [0.25, 0.3) is 0 Å². The Balaban J connectivity index is 1.66. The highest BCUT2D eigenvalue weighted by Crippen LogP contribution is 2.29. The minimum absolute atomic E-state index is 0.0594. The number of likely N-dealkylation sites (tertiary alicyclic amines) is 1. The summed E-state index contributed by atoms with van der Waals surface area (Å²) in [5.41, 5.74) is 1.34. The molecule has 1 spiro atoms. The third-order valence-electron chi connectivity index (χ3n) is 4.36. The molecule has 0 radical (unpaired) electrons. The van der Waals surface area contributed by atoms with Gasteiger partial charge in [-0.2, -0.15) is 0 Å². The average Bonchev–Trinajstić information content (AvgIpc) is 2.75. The molecule has 106 valence electrons. The fourth-order valence-electron chi connectivity index (χ4n) is 3.37. The van der Waals surface area contributed by atoms with Gasteiger partial charge in [0.2, 0.25) is 0 Å². The van der Waals surface area contributed by atoms with E-state index in [9.17, 15) is 0 Å². The second-order valence-electron chi connectivity index (χ2n) is 6.08. The minimum Gasteiger partial charge on any atom is -0.371 e. The highest BCUT2D eigenvalue weighted by Gasteiger charge is 2.39. The first-order chi connectivity index (χ1) is 9.17. The second-order valence-corrected chi connectivity index (χ2v) is 6.08. The smallest absolute Gasteiger partial charge is 0.0945 e. The van der Waals surface area contributed by atoms with Crippen molar-refractivity contribution in [1.82, 2.24) is 19.4 Å². The van der Waals surface area contributed by atoms with E-state index < -0.39 is 0 Å². The molecule has 2 saturated heterocycles. The van der Waals surface area contributed by atoms with Crippen molar-refractivity contribution in [3.8, 4) is 0 Å². The van der Waals surface area contributed by atoms with E-state index in [1.807, 2.05) is 12.5 Å². The molecule has 5 heteroatoms. The molecule has 5 nitrogen and oxygen atoms in total. The Labute approximate surface area is 115 Å². The summed E-state index contributed by atoms with van der Waals surface area (Å²) in [7, 11) is 4.26. The number of likely N-dealkylation sites (N-methyl/N-ethyl adjacent to an activating group) is 1. The van der Waals surface area contributed by atoms with Crippen molar-refractivity contribution >= 4 is 0 Å². The largest absolute Gasteiger partial charge is 0.371 e. The zero-order valence-electron chi connectivity index (χ0n) is 12.0. The number of rotatable bonds is 2. The molecule has 0 aromatic carbocycles. The highest BCUT2D eigenvalue weighted by molar-refractivity contribution is 5.00. The molecular formula is C14H24N4O. The van der Waals surface area contributed by atoms with Crippen molar-refractivity contribution in [3.05, 3.63) is 18.2 Å². The molecule has 2 aliphatic heterocycles. The number of aromatic nitrogens is 2. The molecule has 1 atom stereocenters. The Morgan fingerprint density at radius 1 is 1.32 bits per heavy atom. The first-order valence-electron chi connectivity index (χ1n) is 7.17. The number of imidazole rings is 1. The monoisotopic (exact) mass is 264 g/mol. The van der Waals surface area contributed by atoms with Gasteiger partial charge in [-0.3, -0.25) is 4.90 Å². The van der Waals surface area contributed by atoms with E-state index in [0.717, 1.165) is 32.8 Å². The summed E-state index contributed by atoms with van der Waals surface area (Å²) in [5, 5.41) is 0. The van der Waals surface area contributed by atoms with Crippen molar-refractivity contribution in [3.63, 3.8) is 0 Å². The summed E-state index contributed by atoms with van der Waals surface area (Å²) < 4.78 is 8.26. The van der Waals surface area contributed by atoms with E-state index in [2.05, 4.69) is 33.4 Å². The van der Waals surface area contributed by atoms with Crippen molar-refractivity contribution in [2.75, 3.05) is 39.8 Å². The van der Waals surface area contributed by atoms with Gasteiger partial charge in [0, 0.05) is 39.4 Å². The maximum Gasteiger partial charge on any atom is 0.0945 e. The third-order valence-corrected chi connectivity index (χ3v) is 4.36. The van der Waals surface area contributed by atoms with Gasteiger partial charge in [0.15, 0.2) is 0 Å². The number of piperidine rings is 1. The van der Waals surface area contributed by atoms with Crippen LogP contribution in [0.15, 0.2) is 12.5 Å². The Bertz CT molecular complexity index is 429. The lowest BCUT2D eigenvalue weighted by molar-refractivity contribution is -0.136. The van der Waals surface area contributed by atoms with Gasteiger partial charge in [0.1, 0.15) is 0 Å². The van der Waals surface area contributed by atoms with Crippen LogP contribution in [0.1, 0.15) is 18.5 Å². The van der Waals surface area contributed by atoms with Crippen LogP contribution in [0.4, 0.5) is 0 Å². The Kier molecular flexibility index (Phi) is 3.60. The number of hydrogen-bond donors (Lipinski definition) is 0. The Morgan fingerprint density at radius 3 is 2.95 bits per heavy atom. The number of aryl methyl sites for hydroxylation is 1. The standard InChI is InChI=1S/C14H24N4O/c1-16-6-7-19-14(10-16)4-3-5-18(11-14)9-13-8-15-12-17(13)2/h8,12H,3-7,9-11H2,1-2H3. The van der Waals surface area contributed by atoms with Crippen molar-refractivity contribution in [1.29, 1.82) is 0 Å². The molecule has 3 rings (SSSR count). The van der Waals surface area contributed by atoms with E-state index in [1.165, 1.54) is 25.1 Å². The van der Waals surface area contributed by atoms with Gasteiger partial charge in [0.25, 0.3) is 0 Å². The fraction of sp³-hybridized carbons (Fsp3) is 0.786. The van der Waals surface area contributed by atoms with Crippen LogP contribution >= 0.6 is 0 Å². The molecule has 1 unspecified atom stereocenters. The number of nitrogens with zero attached hydrogens (tertiary/aromatic N) is 4. The predicted molar refractivity (Wildman–Crippen MR) is 73.9 cm³/mol. The molecule has 2 fully saturated rings. The zero-order chi connectivity index (χ0) is 13.3. The SMILES string of the molecule is CN1CCOC2(CCCN(Cc3cncn3C)C2)C1. The summed E-state index contributed by atoms with van der Waals surface area (Å²) >= 11 is 0. The van der Waals surface area contributed by atoms with Gasteiger partial charge in [-0.1, -0.05) is 0 Å². The first kappa shape index (κ1) is 13.1. The molecule has 1 aromatic rings. The third kappa shape index (κ3) is 2.83. The Hall–Kier alpha value is -0.910. The first-order valence-corrected chi connectivity index (χ1v) is 7.17. The van der Waals surface area contributed by atoms with E-state index in [0.29, 0.717) is 0 Å². The number of hydrogen-bond acceptors (Lipinski definition) is 4. The predicted octanol–water partition coefficient (Wildman–Crippen LogP) is 0.717. The van der Waals surface area contributed by atoms with Gasteiger partial charge < -0.3 is 14.2 Å². The van der Waals surface area contributed by atoms with Crippen LogP contribution < -0.4 is 0 Å². The van der Waals surface area contributed by atoms with E-state index in [4.69, 9.17) is 4.74 Å². The summed E-state index contributed by atoms with van der Waals surface area (Å²) in [6, 6.07) is 0. The molecule has 3 heterocycles. The molecule has 0 amide bonds. The van der Waals surface area contributed by atoms with Crippen LogP contribution in [-0.4, -0.2) is 64.8 Å². The van der Waals surface area contributed by atoms with Crippen molar-refractivity contribution < 1.29 is 4.74 Å². The molecule has 2 aliphatic rings. The van der Waals surface area contributed by atoms with Gasteiger partial charge in [-0.05, 0) is 26.4 Å². The van der Waals surface area contributed by atoms with Gasteiger partial charge >= 0.3 is 0 Å². The molecule has 19 heavy (non-hydrogen) atoms. The molecule has 1 aromatic heterocycles. The molecule has 0 N–H and O–H groups in total. The molecule has 0 aliphatic carbocycles. The van der Waals surface area contributed by atoms with Crippen LogP contribution in [-0.2, 0) is 18.3 Å². The van der Waals surface area contributed by atoms with Gasteiger partial charge in [-0.25, -0.2) is 4.98 Å². The maximum absolute atomic E-state index is 6.15. The van der Waals surface area contributed by atoms with Crippen LogP contribution in [0.5, 0.6) is 0 Å². The van der Waals surface area contributed by atoms with Crippen LogP contribution in [0.2, 0.25) is 0 Å². The van der Waals surface area contributed by atoms with Crippen LogP contribution in [0.3, 0.4) is 0 Å². The fourth-order valence-corrected chi connectivity index (χ4v) is 3.37. The number of morpholine rings is 1. The van der Waals surface area contributed by atoms with Crippen molar-refractivity contribution in [2.45, 2.75) is 25.0 Å². The maximum atomic E-state index is 6.15. The Morgan fingerprint density at radius 2 is 2.21 bits per heavy atom. The molecular weight excluding hydrogens is 240 g/mol. The minimum atomic E-state index is 0.0594. The quantitative estimate of drug-likeness (QED) is 0.788. The zero-order valence-corrected chi connectivity index (χ0v) is 12.0. The van der Waals surface area contributed by atoms with Crippen molar-refractivity contribution in [2.24, 2.45) is 7.05 Å². The molecule has 0 saturated carbocycles. The van der Waals surface area contributed by atoms with E-state index in [-0.39, 0.29) is 5.60 Å². The number of ether oxygens (including phenoxy) is 1. The van der Waals surface area contributed by atoms with Crippen LogP contribution in [0, 0.1) is 0 Å². The topological polar surface area (TPSA) is 33.5 Å². The van der Waals surface area contributed by atoms with Gasteiger partial charge in [-0.15, -0.1) is 0 Å². The summed E-state index contributed by atoms with van der Waals surface area (Å²) in [6.07, 6.45) is 6.26. The second kappa shape index (κ2) is 5.23. The van der Waals surface area contributed by atoms with E-state index >= 15 is 0 Å². The molecule has 0 bridgehead atoms. The normalized spacial score (nSPS) is 30.0.